The maximum atomic E-state index is 11.7. The van der Waals surface area contributed by atoms with Crippen molar-refractivity contribution in [3.8, 4) is 12.3 Å². The average Bonchev–Trinajstić information content (AvgIpc) is 2.38. The molecule has 1 aromatic carbocycles. The molecule has 7 heteroatoms. The third-order valence-corrected chi connectivity index (χ3v) is 3.60. The van der Waals surface area contributed by atoms with Gasteiger partial charge in [0.1, 0.15) is 6.04 Å². The van der Waals surface area contributed by atoms with E-state index in [-0.39, 0.29) is 6.42 Å². The Morgan fingerprint density at radius 2 is 2.25 bits per heavy atom. The van der Waals surface area contributed by atoms with Gasteiger partial charge in [0.25, 0.3) is 0 Å². The highest BCUT2D eigenvalue weighted by molar-refractivity contribution is 7.98. The number of carbonyl (C=O) groups excluding carboxylic acids is 2. The van der Waals surface area contributed by atoms with Crippen LogP contribution in [0, 0.1) is 12.3 Å². The number of hydrogen-bond acceptors (Lipinski definition) is 3. The average molecular weight is 312 g/mol. The Balaban J connectivity index is 2.69. The summed E-state index contributed by atoms with van der Waals surface area (Å²) in [5, 5.41) is 5.49. The van der Waals surface area contributed by atoms with Gasteiger partial charge in [-0.05, 0) is 24.5 Å². The Labute approximate surface area is 126 Å². The van der Waals surface area contributed by atoms with Crippen molar-refractivity contribution in [3.05, 3.63) is 23.2 Å². The van der Waals surface area contributed by atoms with Gasteiger partial charge in [0.2, 0.25) is 5.91 Å². The molecule has 1 unspecified atom stereocenters. The Morgan fingerprint density at radius 1 is 1.55 bits per heavy atom. The van der Waals surface area contributed by atoms with Crippen LogP contribution in [-0.4, -0.2) is 24.2 Å². The first-order valence-electron chi connectivity index (χ1n) is 5.61. The van der Waals surface area contributed by atoms with Crippen LogP contribution in [0.1, 0.15) is 6.42 Å². The van der Waals surface area contributed by atoms with E-state index in [2.05, 4.69) is 16.6 Å². The zero-order valence-electron chi connectivity index (χ0n) is 10.8. The second kappa shape index (κ2) is 7.68. The van der Waals surface area contributed by atoms with Gasteiger partial charge in [-0.2, -0.15) is 0 Å². The summed E-state index contributed by atoms with van der Waals surface area (Å²) in [5.41, 5.74) is 5.63. The molecule has 0 heterocycles. The van der Waals surface area contributed by atoms with Crippen molar-refractivity contribution in [1.82, 2.24) is 5.32 Å². The molecule has 1 atom stereocenters. The lowest BCUT2D eigenvalue weighted by molar-refractivity contribution is -0.119. The Bertz CT molecular complexity index is 557. The lowest BCUT2D eigenvalue weighted by atomic mass is 10.2. The fourth-order valence-corrected chi connectivity index (χ4v) is 2.28. The zero-order chi connectivity index (χ0) is 15.1. The van der Waals surface area contributed by atoms with Crippen LogP contribution in [0.4, 0.5) is 10.5 Å². The molecular formula is C13H14ClN3O2S. The number of benzene rings is 1. The summed E-state index contributed by atoms with van der Waals surface area (Å²) < 4.78 is 0. The number of rotatable bonds is 5. The number of carbonyl (C=O) groups is 2. The standard InChI is InChI=1S/C13H14ClN3O2S/c1-3-4-10(12(15)18)17-13(19)16-8-5-6-11(20-2)9(14)7-8/h1,5-7,10H,4H2,2H3,(H2,15,18)(H2,16,17,19). The molecule has 0 aliphatic carbocycles. The van der Waals surface area contributed by atoms with E-state index < -0.39 is 18.0 Å². The van der Waals surface area contributed by atoms with E-state index in [1.54, 1.807) is 18.2 Å². The number of nitrogens with two attached hydrogens (primary N) is 1. The summed E-state index contributed by atoms with van der Waals surface area (Å²) in [5.74, 6) is 1.59. The van der Waals surface area contributed by atoms with Gasteiger partial charge in [-0.3, -0.25) is 4.79 Å². The number of terminal acetylenes is 1. The molecule has 0 spiro atoms. The molecule has 0 saturated heterocycles. The molecule has 1 aromatic rings. The van der Waals surface area contributed by atoms with Gasteiger partial charge in [0.15, 0.2) is 0 Å². The highest BCUT2D eigenvalue weighted by atomic mass is 35.5. The predicted octanol–water partition coefficient (Wildman–Crippen LogP) is 2.06. The monoisotopic (exact) mass is 311 g/mol. The quantitative estimate of drug-likeness (QED) is 0.575. The number of nitrogens with one attached hydrogen (secondary N) is 2. The van der Waals surface area contributed by atoms with Crippen molar-refractivity contribution < 1.29 is 9.59 Å². The van der Waals surface area contributed by atoms with E-state index in [0.29, 0.717) is 10.7 Å². The molecule has 0 fully saturated rings. The zero-order valence-corrected chi connectivity index (χ0v) is 12.3. The van der Waals surface area contributed by atoms with Gasteiger partial charge in [-0.15, -0.1) is 24.1 Å². The molecule has 1 rings (SSSR count). The van der Waals surface area contributed by atoms with Gasteiger partial charge in [-0.1, -0.05) is 11.6 Å². The minimum absolute atomic E-state index is 0.0366. The van der Waals surface area contributed by atoms with Crippen molar-refractivity contribution in [3.63, 3.8) is 0 Å². The van der Waals surface area contributed by atoms with Crippen LogP contribution in [0.3, 0.4) is 0 Å². The second-order valence-corrected chi connectivity index (χ2v) is 5.07. The van der Waals surface area contributed by atoms with Crippen LogP contribution >= 0.6 is 23.4 Å². The number of urea groups is 1. The van der Waals surface area contributed by atoms with Crippen molar-refractivity contribution in [2.75, 3.05) is 11.6 Å². The van der Waals surface area contributed by atoms with E-state index in [0.717, 1.165) is 4.90 Å². The molecule has 0 aromatic heterocycles. The molecule has 4 N–H and O–H groups in total. The molecule has 3 amide bonds. The summed E-state index contributed by atoms with van der Waals surface area (Å²) in [6.45, 7) is 0. The van der Waals surface area contributed by atoms with Gasteiger partial charge in [-0.25, -0.2) is 4.79 Å². The molecule has 20 heavy (non-hydrogen) atoms. The fraction of sp³-hybridized carbons (Fsp3) is 0.231. The van der Waals surface area contributed by atoms with Crippen LogP contribution in [-0.2, 0) is 4.79 Å². The predicted molar refractivity (Wildman–Crippen MR) is 81.8 cm³/mol. The smallest absolute Gasteiger partial charge is 0.319 e. The lowest BCUT2D eigenvalue weighted by Gasteiger charge is -2.14. The number of primary amides is 1. The molecule has 106 valence electrons. The number of amides is 3. The topological polar surface area (TPSA) is 84.2 Å². The van der Waals surface area contributed by atoms with E-state index >= 15 is 0 Å². The van der Waals surface area contributed by atoms with E-state index in [1.807, 2.05) is 6.26 Å². The summed E-state index contributed by atoms with van der Waals surface area (Å²) in [7, 11) is 0. The first-order chi connectivity index (χ1) is 9.47. The summed E-state index contributed by atoms with van der Waals surface area (Å²) in [6.07, 6.45) is 7.04. The third kappa shape index (κ3) is 4.68. The SMILES string of the molecule is C#CCC(NC(=O)Nc1ccc(SC)c(Cl)c1)C(N)=O. The van der Waals surface area contributed by atoms with Crippen LogP contribution in [0.15, 0.2) is 23.1 Å². The van der Waals surface area contributed by atoms with Gasteiger partial charge < -0.3 is 16.4 Å². The largest absolute Gasteiger partial charge is 0.368 e. The molecule has 5 nitrogen and oxygen atoms in total. The molecular weight excluding hydrogens is 298 g/mol. The van der Waals surface area contributed by atoms with E-state index in [9.17, 15) is 9.59 Å². The molecule has 0 aliphatic rings. The summed E-state index contributed by atoms with van der Waals surface area (Å²) >= 11 is 7.53. The first kappa shape index (κ1) is 16.2. The van der Waals surface area contributed by atoms with Crippen LogP contribution in [0.2, 0.25) is 5.02 Å². The minimum Gasteiger partial charge on any atom is -0.368 e. The number of halogens is 1. The Kier molecular flexibility index (Phi) is 6.22. The molecule has 0 radical (unpaired) electrons. The summed E-state index contributed by atoms with van der Waals surface area (Å²) in [6, 6.07) is 3.64. The van der Waals surface area contributed by atoms with Crippen LogP contribution in [0.25, 0.3) is 0 Å². The van der Waals surface area contributed by atoms with Crippen molar-refractivity contribution in [1.29, 1.82) is 0 Å². The first-order valence-corrected chi connectivity index (χ1v) is 7.22. The Hall–Kier alpha value is -1.84. The van der Waals surface area contributed by atoms with Crippen LogP contribution in [0.5, 0.6) is 0 Å². The van der Waals surface area contributed by atoms with Gasteiger partial charge in [0.05, 0.1) is 5.02 Å². The van der Waals surface area contributed by atoms with E-state index in [1.165, 1.54) is 11.8 Å². The minimum atomic E-state index is -0.902. The van der Waals surface area contributed by atoms with Crippen LogP contribution < -0.4 is 16.4 Å². The highest BCUT2D eigenvalue weighted by Crippen LogP contribution is 2.27. The number of anilines is 1. The number of thioether (sulfide) groups is 1. The Morgan fingerprint density at radius 3 is 2.75 bits per heavy atom. The van der Waals surface area contributed by atoms with Gasteiger partial charge in [0, 0.05) is 17.0 Å². The second-order valence-electron chi connectivity index (χ2n) is 3.81. The normalized spacial score (nSPS) is 11.2. The lowest BCUT2D eigenvalue weighted by Crippen LogP contribution is -2.45. The fourth-order valence-electron chi connectivity index (χ4n) is 1.41. The molecule has 0 aliphatic heterocycles. The highest BCUT2D eigenvalue weighted by Gasteiger charge is 2.16. The number of hydrogen-bond donors (Lipinski definition) is 3. The maximum Gasteiger partial charge on any atom is 0.319 e. The molecule has 0 bridgehead atoms. The van der Waals surface area contributed by atoms with Gasteiger partial charge >= 0.3 is 6.03 Å². The van der Waals surface area contributed by atoms with Crippen molar-refractivity contribution >= 4 is 41.0 Å². The molecule has 0 saturated carbocycles. The van der Waals surface area contributed by atoms with Crippen molar-refractivity contribution in [2.45, 2.75) is 17.4 Å². The maximum absolute atomic E-state index is 11.7. The van der Waals surface area contributed by atoms with E-state index in [4.69, 9.17) is 23.8 Å². The van der Waals surface area contributed by atoms with Crippen molar-refractivity contribution in [2.24, 2.45) is 5.73 Å². The third-order valence-electron chi connectivity index (χ3n) is 2.38. The summed E-state index contributed by atoms with van der Waals surface area (Å²) in [4.78, 5) is 23.7.